The van der Waals surface area contributed by atoms with Crippen LogP contribution in [-0.4, -0.2) is 39.9 Å². The van der Waals surface area contributed by atoms with E-state index in [4.69, 9.17) is 9.47 Å². The molecule has 0 bridgehead atoms. The van der Waals surface area contributed by atoms with Crippen molar-refractivity contribution in [1.82, 2.24) is 0 Å². The Morgan fingerprint density at radius 3 is 1.95 bits per heavy atom. The molecule has 0 saturated carbocycles. The van der Waals surface area contributed by atoms with E-state index in [1.54, 1.807) is 0 Å². The quantitative estimate of drug-likeness (QED) is 0.0902. The van der Waals surface area contributed by atoms with Gasteiger partial charge in [0.1, 0.15) is 17.2 Å². The number of hydrogen-bond donors (Lipinski definition) is 3. The second kappa shape index (κ2) is 11.4. The predicted octanol–water partition coefficient (Wildman–Crippen LogP) is 6.02. The van der Waals surface area contributed by atoms with Crippen LogP contribution in [0.3, 0.4) is 0 Å². The average molecular weight is 539 g/mol. The highest BCUT2D eigenvalue weighted by atomic mass is 19.1. The zero-order chi connectivity index (χ0) is 28.3. The van der Waals surface area contributed by atoms with E-state index >= 15 is 4.39 Å². The van der Waals surface area contributed by atoms with Gasteiger partial charge in [0.05, 0.1) is 46.1 Å². The molecule has 0 radical (unpaired) electrons. The highest BCUT2D eigenvalue weighted by molar-refractivity contribution is 6.32. The van der Waals surface area contributed by atoms with Crippen molar-refractivity contribution in [3.8, 4) is 23.0 Å². The number of nitro benzene ring substituents is 1. The van der Waals surface area contributed by atoms with Crippen LogP contribution in [0.25, 0.3) is 0 Å². The van der Waals surface area contributed by atoms with Gasteiger partial charge >= 0.3 is 0 Å². The van der Waals surface area contributed by atoms with Crippen molar-refractivity contribution in [3.05, 3.63) is 74.6 Å². The third-order valence-corrected chi connectivity index (χ3v) is 6.27. The maximum absolute atomic E-state index is 16.2. The van der Waals surface area contributed by atoms with Crippen molar-refractivity contribution in [3.63, 3.8) is 0 Å². The minimum Gasteiger partial charge on any atom is -0.507 e. The van der Waals surface area contributed by atoms with Crippen molar-refractivity contribution < 1.29 is 38.6 Å². The number of ether oxygens (including phenoxy) is 2. The maximum atomic E-state index is 16.2. The number of aromatic hydroxyl groups is 2. The van der Waals surface area contributed by atoms with Gasteiger partial charge in [0.25, 0.3) is 5.69 Å². The summed E-state index contributed by atoms with van der Waals surface area (Å²) < 4.78 is 27.8. The fourth-order valence-electron chi connectivity index (χ4n) is 4.30. The van der Waals surface area contributed by atoms with Crippen LogP contribution < -0.4 is 14.8 Å². The summed E-state index contributed by atoms with van der Waals surface area (Å²) in [7, 11) is 0. The lowest BCUT2D eigenvalue weighted by atomic mass is 9.81. The Balaban J connectivity index is 2.06. The molecule has 3 aromatic rings. The molecule has 10 nitrogen and oxygen atoms in total. The van der Waals surface area contributed by atoms with E-state index in [0.717, 1.165) is 25.0 Å². The highest BCUT2D eigenvalue weighted by Crippen LogP contribution is 2.50. The van der Waals surface area contributed by atoms with Crippen LogP contribution in [0.5, 0.6) is 23.0 Å². The summed E-state index contributed by atoms with van der Waals surface area (Å²) in [5.74, 6) is -5.10. The van der Waals surface area contributed by atoms with Gasteiger partial charge in [-0.15, -0.1) is 0 Å². The Labute approximate surface area is 223 Å². The van der Waals surface area contributed by atoms with E-state index in [1.807, 2.05) is 13.8 Å². The maximum Gasteiger partial charge on any atom is 0.292 e. The minimum absolute atomic E-state index is 0.0534. The molecule has 3 aromatic carbocycles. The summed E-state index contributed by atoms with van der Waals surface area (Å²) in [4.78, 5) is 38.5. The number of para-hydroxylation sites is 2. The lowest BCUT2D eigenvalue weighted by Crippen LogP contribution is -2.25. The van der Waals surface area contributed by atoms with Crippen molar-refractivity contribution in [2.75, 3.05) is 18.5 Å². The van der Waals surface area contributed by atoms with E-state index in [1.165, 1.54) is 24.3 Å². The summed E-state index contributed by atoms with van der Waals surface area (Å²) in [5, 5.41) is 35.4. The number of phenols is 2. The number of nitro groups is 1. The van der Waals surface area contributed by atoms with Crippen molar-refractivity contribution >= 4 is 28.6 Å². The number of anilines is 2. The van der Waals surface area contributed by atoms with Gasteiger partial charge in [0.2, 0.25) is 11.6 Å². The van der Waals surface area contributed by atoms with Gasteiger partial charge in [0, 0.05) is 6.07 Å². The lowest BCUT2D eigenvalue weighted by molar-refractivity contribution is -0.383. The summed E-state index contributed by atoms with van der Waals surface area (Å²) >= 11 is 0. The van der Waals surface area contributed by atoms with E-state index in [-0.39, 0.29) is 36.0 Å². The van der Waals surface area contributed by atoms with Crippen molar-refractivity contribution in [1.29, 1.82) is 0 Å². The monoisotopic (exact) mass is 538 g/mol. The summed E-state index contributed by atoms with van der Waals surface area (Å²) in [6.45, 7) is 3.97. The number of unbranched alkanes of at least 4 members (excludes halogenated alkanes) is 2. The molecule has 0 atom stereocenters. The topological polar surface area (TPSA) is 148 Å². The SMILES string of the molecule is CCCCOc1c(F)c2c(c(Nc3ccccc3[N+](=O)[O-])c1OCCCC)C(=O)c1c(O)ccc(O)c1C2=O. The molecule has 0 amide bonds. The molecule has 3 N–H and O–H groups in total. The normalized spacial score (nSPS) is 12.1. The molecule has 0 heterocycles. The third kappa shape index (κ3) is 4.95. The van der Waals surface area contributed by atoms with Crippen LogP contribution in [0.2, 0.25) is 0 Å². The number of benzene rings is 3. The molecule has 0 fully saturated rings. The van der Waals surface area contributed by atoms with Crippen LogP contribution >= 0.6 is 0 Å². The van der Waals surface area contributed by atoms with Crippen LogP contribution in [0.4, 0.5) is 21.5 Å². The standard InChI is InChI=1S/C28H27FN2O8/c1-3-5-13-38-27-23(29)21-22(26(35)20-18(33)12-11-17(32)19(20)25(21)34)24(28(27)39-14-6-4-2)30-15-9-7-8-10-16(15)31(36)37/h7-12,30,32-33H,3-6,13-14H2,1-2H3. The van der Waals surface area contributed by atoms with Gasteiger partial charge in [-0.25, -0.2) is 4.39 Å². The Morgan fingerprint density at radius 2 is 1.38 bits per heavy atom. The van der Waals surface area contributed by atoms with Crippen molar-refractivity contribution in [2.24, 2.45) is 0 Å². The fourth-order valence-corrected chi connectivity index (χ4v) is 4.30. The smallest absolute Gasteiger partial charge is 0.292 e. The van der Waals surface area contributed by atoms with Gasteiger partial charge in [-0.1, -0.05) is 38.8 Å². The lowest BCUT2D eigenvalue weighted by Gasteiger charge is -2.26. The van der Waals surface area contributed by atoms with Crippen molar-refractivity contribution in [2.45, 2.75) is 39.5 Å². The number of rotatable bonds is 11. The van der Waals surface area contributed by atoms with Gasteiger partial charge < -0.3 is 25.0 Å². The first-order valence-corrected chi connectivity index (χ1v) is 12.5. The molecule has 0 spiro atoms. The number of fused-ring (bicyclic) bond motifs is 2. The molecular weight excluding hydrogens is 511 g/mol. The van der Waals surface area contributed by atoms with E-state index in [2.05, 4.69) is 5.32 Å². The van der Waals surface area contributed by atoms with Gasteiger partial charge in [0.15, 0.2) is 17.3 Å². The number of phenolic OH excluding ortho intramolecular Hbond substituents is 2. The first-order chi connectivity index (χ1) is 18.7. The molecule has 1 aliphatic rings. The first kappa shape index (κ1) is 27.4. The molecular formula is C28H27FN2O8. The third-order valence-electron chi connectivity index (χ3n) is 6.27. The number of carbonyl (C=O) groups is 2. The summed E-state index contributed by atoms with van der Waals surface area (Å²) in [5.41, 5.74) is -2.91. The van der Waals surface area contributed by atoms with E-state index < -0.39 is 61.8 Å². The van der Waals surface area contributed by atoms with Gasteiger partial charge in [-0.2, -0.15) is 0 Å². The Morgan fingerprint density at radius 1 is 0.846 bits per heavy atom. The summed E-state index contributed by atoms with van der Waals surface area (Å²) in [6, 6.07) is 7.65. The number of ketones is 2. The Bertz CT molecular complexity index is 1470. The first-order valence-electron chi connectivity index (χ1n) is 12.5. The molecule has 1 aliphatic carbocycles. The van der Waals surface area contributed by atoms with Crippen LogP contribution in [-0.2, 0) is 0 Å². The number of carbonyl (C=O) groups excluding carboxylic acids is 2. The fraction of sp³-hybridized carbons (Fsp3) is 0.286. The Kier molecular flexibility index (Phi) is 7.99. The number of halogens is 1. The molecule has 4 rings (SSSR count). The van der Waals surface area contributed by atoms with E-state index in [0.29, 0.717) is 12.8 Å². The molecule has 204 valence electrons. The van der Waals surface area contributed by atoms with E-state index in [9.17, 15) is 29.9 Å². The van der Waals surface area contributed by atoms with Crippen LogP contribution in [0.1, 0.15) is 71.4 Å². The highest BCUT2D eigenvalue weighted by Gasteiger charge is 2.42. The minimum atomic E-state index is -1.17. The molecule has 0 aromatic heterocycles. The largest absolute Gasteiger partial charge is 0.507 e. The zero-order valence-corrected chi connectivity index (χ0v) is 21.4. The molecule has 0 unspecified atom stereocenters. The van der Waals surface area contributed by atoms with Crippen LogP contribution in [0, 0.1) is 15.9 Å². The van der Waals surface area contributed by atoms with Crippen LogP contribution in [0.15, 0.2) is 36.4 Å². The number of nitrogens with zero attached hydrogens (tertiary/aromatic N) is 1. The van der Waals surface area contributed by atoms with Gasteiger partial charge in [-0.05, 0) is 31.0 Å². The summed E-state index contributed by atoms with van der Waals surface area (Å²) in [6.07, 6.45) is 2.55. The number of nitrogens with one attached hydrogen (secondary N) is 1. The second-order valence-electron chi connectivity index (χ2n) is 8.91. The average Bonchev–Trinajstić information content (AvgIpc) is 2.91. The molecule has 11 heteroatoms. The second-order valence-corrected chi connectivity index (χ2v) is 8.91. The molecule has 39 heavy (non-hydrogen) atoms. The number of hydrogen-bond acceptors (Lipinski definition) is 9. The molecule has 0 saturated heterocycles. The van der Waals surface area contributed by atoms with Gasteiger partial charge in [-0.3, -0.25) is 19.7 Å². The zero-order valence-electron chi connectivity index (χ0n) is 21.4. The molecule has 0 aliphatic heterocycles. The predicted molar refractivity (Wildman–Crippen MR) is 140 cm³/mol. The Hall–Kier alpha value is -4.67.